The van der Waals surface area contributed by atoms with Gasteiger partial charge in [0.2, 0.25) is 0 Å². The molecule has 0 saturated carbocycles. The van der Waals surface area contributed by atoms with Crippen LogP contribution in [-0.2, 0) is 0 Å². The van der Waals surface area contributed by atoms with Crippen LogP contribution in [0.5, 0.6) is 0 Å². The quantitative estimate of drug-likeness (QED) is 0.718. The van der Waals surface area contributed by atoms with Crippen LogP contribution in [-0.4, -0.2) is 67.0 Å². The van der Waals surface area contributed by atoms with Crippen molar-refractivity contribution < 1.29 is 9.50 Å². The number of halogens is 1. The Labute approximate surface area is 85.5 Å². The molecule has 1 saturated heterocycles. The van der Waals surface area contributed by atoms with Crippen LogP contribution in [0.15, 0.2) is 0 Å². The first-order valence-corrected chi connectivity index (χ1v) is 5.30. The van der Waals surface area contributed by atoms with Gasteiger partial charge in [-0.1, -0.05) is 0 Å². The molecular weight excluding hydrogens is 183 g/mol. The molecule has 1 N–H and O–H groups in total. The van der Waals surface area contributed by atoms with Gasteiger partial charge in [0.25, 0.3) is 0 Å². The smallest absolute Gasteiger partial charge is 0.117 e. The Morgan fingerprint density at radius 1 is 1.50 bits per heavy atom. The lowest BCUT2D eigenvalue weighted by Gasteiger charge is -2.28. The zero-order valence-corrected chi connectivity index (χ0v) is 9.12. The van der Waals surface area contributed by atoms with Crippen molar-refractivity contribution in [2.45, 2.75) is 25.5 Å². The van der Waals surface area contributed by atoms with Gasteiger partial charge in [0.05, 0.1) is 6.10 Å². The van der Waals surface area contributed by atoms with E-state index in [0.29, 0.717) is 12.6 Å². The maximum Gasteiger partial charge on any atom is 0.117 e. The molecule has 0 spiro atoms. The van der Waals surface area contributed by atoms with Crippen LogP contribution >= 0.6 is 0 Å². The standard InChI is InChI=1S/C10H21FN2O/c1-9-7-12(2)4-3-5-13(9)8-10(14)6-11/h9-10,14H,3-8H2,1-2H3. The summed E-state index contributed by atoms with van der Waals surface area (Å²) in [6, 6.07) is 0.406. The molecule has 2 atom stereocenters. The lowest BCUT2D eigenvalue weighted by atomic mass is 10.2. The molecule has 0 aromatic heterocycles. The summed E-state index contributed by atoms with van der Waals surface area (Å²) in [4.78, 5) is 4.46. The van der Waals surface area contributed by atoms with Crippen molar-refractivity contribution in [3.05, 3.63) is 0 Å². The highest BCUT2D eigenvalue weighted by Gasteiger charge is 2.21. The average Bonchev–Trinajstić information content (AvgIpc) is 2.29. The van der Waals surface area contributed by atoms with Gasteiger partial charge in [0.15, 0.2) is 0 Å². The minimum Gasteiger partial charge on any atom is -0.389 e. The molecule has 0 aromatic carbocycles. The van der Waals surface area contributed by atoms with Gasteiger partial charge in [-0.15, -0.1) is 0 Å². The number of aliphatic hydroxyl groups is 1. The predicted molar refractivity (Wildman–Crippen MR) is 55.1 cm³/mol. The highest BCUT2D eigenvalue weighted by Crippen LogP contribution is 2.09. The van der Waals surface area contributed by atoms with E-state index in [1.54, 1.807) is 0 Å². The van der Waals surface area contributed by atoms with Crippen LogP contribution in [0.4, 0.5) is 4.39 Å². The molecule has 4 heteroatoms. The summed E-state index contributed by atoms with van der Waals surface area (Å²) in [6.07, 6.45) is 0.278. The van der Waals surface area contributed by atoms with Crippen LogP contribution in [0, 0.1) is 0 Å². The molecule has 0 amide bonds. The molecule has 1 fully saturated rings. The highest BCUT2D eigenvalue weighted by molar-refractivity contribution is 4.76. The van der Waals surface area contributed by atoms with Crippen LogP contribution in [0.2, 0.25) is 0 Å². The van der Waals surface area contributed by atoms with Gasteiger partial charge in [-0.05, 0) is 33.5 Å². The fourth-order valence-electron chi connectivity index (χ4n) is 2.01. The largest absolute Gasteiger partial charge is 0.389 e. The van der Waals surface area contributed by atoms with E-state index in [1.807, 2.05) is 0 Å². The predicted octanol–water partition coefficient (Wildman–Crippen LogP) is 0.343. The van der Waals surface area contributed by atoms with E-state index in [4.69, 9.17) is 0 Å². The molecule has 0 bridgehead atoms. The van der Waals surface area contributed by atoms with Gasteiger partial charge in [0, 0.05) is 19.1 Å². The number of likely N-dealkylation sites (N-methyl/N-ethyl adjacent to an activating group) is 1. The van der Waals surface area contributed by atoms with Crippen molar-refractivity contribution >= 4 is 0 Å². The molecular formula is C10H21FN2O. The van der Waals surface area contributed by atoms with Gasteiger partial charge in [-0.2, -0.15) is 0 Å². The third-order valence-corrected chi connectivity index (χ3v) is 2.81. The van der Waals surface area contributed by atoms with Gasteiger partial charge in [-0.25, -0.2) is 4.39 Å². The molecule has 1 aliphatic heterocycles. The number of β-amino-alcohol motifs (C(OH)–C–C–N with tert-alkyl or cyclic N) is 1. The van der Waals surface area contributed by atoms with E-state index < -0.39 is 12.8 Å². The van der Waals surface area contributed by atoms with Gasteiger partial charge in [0.1, 0.15) is 6.67 Å². The number of hydrogen-bond donors (Lipinski definition) is 1. The number of hydrogen-bond acceptors (Lipinski definition) is 3. The summed E-state index contributed by atoms with van der Waals surface area (Å²) in [5, 5.41) is 9.26. The van der Waals surface area contributed by atoms with Crippen molar-refractivity contribution in [2.75, 3.05) is 39.9 Å². The van der Waals surface area contributed by atoms with E-state index in [-0.39, 0.29) is 0 Å². The monoisotopic (exact) mass is 204 g/mol. The first-order chi connectivity index (χ1) is 6.63. The molecule has 2 unspecified atom stereocenters. The normalized spacial score (nSPS) is 28.7. The minimum absolute atomic E-state index is 0.406. The van der Waals surface area contributed by atoms with Gasteiger partial charge < -0.3 is 10.0 Å². The second-order valence-corrected chi connectivity index (χ2v) is 4.27. The summed E-state index contributed by atoms with van der Waals surface area (Å²) < 4.78 is 12.2. The van der Waals surface area contributed by atoms with Crippen molar-refractivity contribution in [3.63, 3.8) is 0 Å². The number of alkyl halides is 1. The molecule has 0 radical (unpaired) electrons. The molecule has 14 heavy (non-hydrogen) atoms. The first-order valence-electron chi connectivity index (χ1n) is 5.30. The van der Waals surface area contributed by atoms with E-state index in [0.717, 1.165) is 26.1 Å². The molecule has 84 valence electrons. The summed E-state index contributed by atoms with van der Waals surface area (Å²) in [6.45, 7) is 5.01. The van der Waals surface area contributed by atoms with Crippen LogP contribution in [0.3, 0.4) is 0 Å². The average molecular weight is 204 g/mol. The first kappa shape index (κ1) is 11.9. The topological polar surface area (TPSA) is 26.7 Å². The van der Waals surface area contributed by atoms with Crippen molar-refractivity contribution in [1.82, 2.24) is 9.80 Å². The Morgan fingerprint density at radius 2 is 2.21 bits per heavy atom. The van der Waals surface area contributed by atoms with Crippen molar-refractivity contribution in [2.24, 2.45) is 0 Å². The Bertz CT molecular complexity index is 168. The summed E-state index contributed by atoms with van der Waals surface area (Å²) >= 11 is 0. The number of nitrogens with zero attached hydrogens (tertiary/aromatic N) is 2. The van der Waals surface area contributed by atoms with Crippen LogP contribution in [0.1, 0.15) is 13.3 Å². The molecule has 1 heterocycles. The van der Waals surface area contributed by atoms with E-state index in [1.165, 1.54) is 0 Å². The zero-order valence-electron chi connectivity index (χ0n) is 9.12. The molecule has 1 rings (SSSR count). The second kappa shape index (κ2) is 5.63. The van der Waals surface area contributed by atoms with E-state index >= 15 is 0 Å². The summed E-state index contributed by atoms with van der Waals surface area (Å²) in [5.74, 6) is 0. The SMILES string of the molecule is CC1CN(C)CCCN1CC(O)CF. The molecule has 0 aromatic rings. The third-order valence-electron chi connectivity index (χ3n) is 2.81. The Morgan fingerprint density at radius 3 is 2.86 bits per heavy atom. The summed E-state index contributed by atoms with van der Waals surface area (Å²) in [7, 11) is 2.10. The van der Waals surface area contributed by atoms with E-state index in [9.17, 15) is 9.50 Å². The minimum atomic E-state index is -0.819. The van der Waals surface area contributed by atoms with Crippen molar-refractivity contribution in [1.29, 1.82) is 0 Å². The lowest BCUT2D eigenvalue weighted by Crippen LogP contribution is -2.42. The zero-order chi connectivity index (χ0) is 10.6. The number of aliphatic hydroxyl groups excluding tert-OH is 1. The molecule has 1 aliphatic rings. The van der Waals surface area contributed by atoms with Crippen molar-refractivity contribution in [3.8, 4) is 0 Å². The fourth-order valence-corrected chi connectivity index (χ4v) is 2.01. The third kappa shape index (κ3) is 3.52. The fraction of sp³-hybridized carbons (Fsp3) is 1.00. The van der Waals surface area contributed by atoms with E-state index in [2.05, 4.69) is 23.8 Å². The highest BCUT2D eigenvalue weighted by atomic mass is 19.1. The van der Waals surface area contributed by atoms with Gasteiger partial charge in [-0.3, -0.25) is 4.90 Å². The van der Waals surface area contributed by atoms with Crippen LogP contribution < -0.4 is 0 Å². The Balaban J connectivity index is 2.42. The summed E-state index contributed by atoms with van der Waals surface area (Å²) in [5.41, 5.74) is 0. The molecule has 3 nitrogen and oxygen atoms in total. The number of rotatable bonds is 3. The van der Waals surface area contributed by atoms with Crippen LogP contribution in [0.25, 0.3) is 0 Å². The second-order valence-electron chi connectivity index (χ2n) is 4.27. The lowest BCUT2D eigenvalue weighted by molar-refractivity contribution is 0.0736. The Kier molecular flexibility index (Phi) is 4.78. The molecule has 0 aliphatic carbocycles. The van der Waals surface area contributed by atoms with Gasteiger partial charge >= 0.3 is 0 Å². The maximum absolute atomic E-state index is 12.2. The Hall–Kier alpha value is -0.190. The maximum atomic E-state index is 12.2.